The number of fused-ring (bicyclic) bond motifs is 1. The van der Waals surface area contributed by atoms with Crippen LogP contribution in [0.3, 0.4) is 0 Å². The third kappa shape index (κ3) is 5.95. The van der Waals surface area contributed by atoms with Gasteiger partial charge in [-0.25, -0.2) is 9.97 Å². The van der Waals surface area contributed by atoms with E-state index < -0.39 is 0 Å². The van der Waals surface area contributed by atoms with Gasteiger partial charge in [0.2, 0.25) is 0 Å². The van der Waals surface area contributed by atoms with E-state index in [1.165, 1.54) is 22.3 Å². The number of rotatable bonds is 7. The van der Waals surface area contributed by atoms with Crippen LogP contribution in [0.4, 0.5) is 0 Å². The third-order valence-electron chi connectivity index (χ3n) is 9.63. The Balaban J connectivity index is 1.31. The Morgan fingerprint density at radius 3 is 1.06 bits per heavy atom. The molecule has 0 bridgehead atoms. The molecule has 0 saturated heterocycles. The van der Waals surface area contributed by atoms with E-state index in [4.69, 9.17) is 9.97 Å². The molecule has 7 aromatic carbocycles. The highest BCUT2D eigenvalue weighted by atomic mass is 14.8. The van der Waals surface area contributed by atoms with Crippen molar-refractivity contribution >= 4 is 11.0 Å². The Labute approximate surface area is 303 Å². The summed E-state index contributed by atoms with van der Waals surface area (Å²) in [6.07, 6.45) is 3.65. The lowest BCUT2D eigenvalue weighted by molar-refractivity contribution is 1.29. The molecule has 0 fully saturated rings. The van der Waals surface area contributed by atoms with Crippen molar-refractivity contribution in [2.75, 3.05) is 0 Å². The van der Waals surface area contributed by atoms with Crippen molar-refractivity contribution in [2.24, 2.45) is 0 Å². The van der Waals surface area contributed by atoms with Crippen LogP contribution < -0.4 is 0 Å². The molecule has 52 heavy (non-hydrogen) atoms. The minimum atomic E-state index is 0.840. The van der Waals surface area contributed by atoms with Gasteiger partial charge in [0.15, 0.2) is 0 Å². The SMILES string of the molecule is c1ccc(-c2ccccc2-c2cc3nc(-c4ccccc4)c(-c4ccc(-c5ccncc5)cc4)nc3cc2-c2ccccc2-c2ccccc2)cc1. The summed E-state index contributed by atoms with van der Waals surface area (Å²) in [6, 6.07) is 66.1. The van der Waals surface area contributed by atoms with Crippen molar-refractivity contribution < 1.29 is 0 Å². The van der Waals surface area contributed by atoms with Gasteiger partial charge < -0.3 is 0 Å². The zero-order valence-electron chi connectivity index (χ0n) is 28.4. The summed E-state index contributed by atoms with van der Waals surface area (Å²) in [5, 5.41) is 0. The van der Waals surface area contributed by atoms with Crippen molar-refractivity contribution in [3.05, 3.63) is 200 Å². The maximum absolute atomic E-state index is 5.46. The molecule has 0 aliphatic rings. The second-order valence-electron chi connectivity index (χ2n) is 12.8. The van der Waals surface area contributed by atoms with Crippen LogP contribution in [0, 0.1) is 0 Å². The Morgan fingerprint density at radius 1 is 0.250 bits per heavy atom. The molecule has 2 aromatic heterocycles. The Hall–Kier alpha value is -6.97. The van der Waals surface area contributed by atoms with E-state index in [0.717, 1.165) is 66.9 Å². The van der Waals surface area contributed by atoms with Crippen LogP contribution in [0.1, 0.15) is 0 Å². The smallest absolute Gasteiger partial charge is 0.0973 e. The third-order valence-corrected chi connectivity index (χ3v) is 9.63. The zero-order chi connectivity index (χ0) is 34.7. The number of benzene rings is 7. The van der Waals surface area contributed by atoms with E-state index in [0.29, 0.717) is 0 Å². The topological polar surface area (TPSA) is 38.7 Å². The molecule has 0 amide bonds. The number of nitrogens with zero attached hydrogens (tertiary/aromatic N) is 3. The molecule has 0 aliphatic carbocycles. The summed E-state index contributed by atoms with van der Waals surface area (Å²) in [5.41, 5.74) is 16.8. The number of aromatic nitrogens is 3. The van der Waals surface area contributed by atoms with Crippen LogP contribution >= 0.6 is 0 Å². The first-order valence-electron chi connectivity index (χ1n) is 17.5. The lowest BCUT2D eigenvalue weighted by Gasteiger charge is -2.19. The van der Waals surface area contributed by atoms with Crippen molar-refractivity contribution in [1.29, 1.82) is 0 Å². The molecule has 9 rings (SSSR count). The van der Waals surface area contributed by atoms with Crippen LogP contribution in [0.15, 0.2) is 200 Å². The second kappa shape index (κ2) is 13.7. The molecule has 3 heteroatoms. The van der Waals surface area contributed by atoms with Gasteiger partial charge in [0.05, 0.1) is 22.4 Å². The molecule has 0 saturated carbocycles. The summed E-state index contributed by atoms with van der Waals surface area (Å²) in [5.74, 6) is 0. The van der Waals surface area contributed by atoms with Gasteiger partial charge in [0.1, 0.15) is 0 Å². The molecule has 9 aromatic rings. The average molecular weight is 664 g/mol. The summed E-state index contributed by atoms with van der Waals surface area (Å²) < 4.78 is 0. The van der Waals surface area contributed by atoms with Crippen LogP contribution in [0.2, 0.25) is 0 Å². The van der Waals surface area contributed by atoms with Gasteiger partial charge in [-0.05, 0) is 79.9 Å². The first-order valence-corrected chi connectivity index (χ1v) is 17.5. The van der Waals surface area contributed by atoms with Gasteiger partial charge in [-0.15, -0.1) is 0 Å². The molecule has 0 unspecified atom stereocenters. The largest absolute Gasteiger partial charge is 0.265 e. The van der Waals surface area contributed by atoms with Gasteiger partial charge in [0, 0.05) is 23.5 Å². The maximum Gasteiger partial charge on any atom is 0.0973 e. The predicted octanol–water partition coefficient (Wildman–Crippen LogP) is 12.7. The average Bonchev–Trinajstić information content (AvgIpc) is 3.24. The van der Waals surface area contributed by atoms with E-state index >= 15 is 0 Å². The fourth-order valence-electron chi connectivity index (χ4n) is 7.09. The Bertz CT molecular complexity index is 2640. The van der Waals surface area contributed by atoms with E-state index in [2.05, 4.69) is 175 Å². The lowest BCUT2D eigenvalue weighted by atomic mass is 9.86. The predicted molar refractivity (Wildman–Crippen MR) is 215 cm³/mol. The van der Waals surface area contributed by atoms with Crippen molar-refractivity contribution in [1.82, 2.24) is 15.0 Å². The normalized spacial score (nSPS) is 11.1. The maximum atomic E-state index is 5.46. The molecule has 244 valence electrons. The van der Waals surface area contributed by atoms with Crippen LogP contribution in [0.25, 0.3) is 89.2 Å². The quantitative estimate of drug-likeness (QED) is 0.170. The van der Waals surface area contributed by atoms with Crippen molar-refractivity contribution in [3.8, 4) is 78.1 Å². The molecular formula is C49H33N3. The summed E-state index contributed by atoms with van der Waals surface area (Å²) in [7, 11) is 0. The monoisotopic (exact) mass is 663 g/mol. The fourth-order valence-corrected chi connectivity index (χ4v) is 7.09. The van der Waals surface area contributed by atoms with Gasteiger partial charge in [-0.3, -0.25) is 4.98 Å². The van der Waals surface area contributed by atoms with Crippen LogP contribution in [-0.4, -0.2) is 15.0 Å². The van der Waals surface area contributed by atoms with Gasteiger partial charge in [-0.1, -0.05) is 164 Å². The van der Waals surface area contributed by atoms with Crippen molar-refractivity contribution in [3.63, 3.8) is 0 Å². The van der Waals surface area contributed by atoms with Gasteiger partial charge in [-0.2, -0.15) is 0 Å². The summed E-state index contributed by atoms with van der Waals surface area (Å²) in [4.78, 5) is 15.1. The van der Waals surface area contributed by atoms with E-state index in [1.54, 1.807) is 0 Å². The molecule has 0 atom stereocenters. The highest BCUT2D eigenvalue weighted by Crippen LogP contribution is 2.44. The van der Waals surface area contributed by atoms with Crippen molar-refractivity contribution in [2.45, 2.75) is 0 Å². The molecule has 0 aliphatic heterocycles. The number of pyridine rings is 1. The van der Waals surface area contributed by atoms with E-state index in [-0.39, 0.29) is 0 Å². The first kappa shape index (κ1) is 31.0. The molecule has 0 N–H and O–H groups in total. The van der Waals surface area contributed by atoms with Crippen LogP contribution in [0.5, 0.6) is 0 Å². The Morgan fingerprint density at radius 2 is 0.596 bits per heavy atom. The summed E-state index contributed by atoms with van der Waals surface area (Å²) >= 11 is 0. The molecule has 3 nitrogen and oxygen atoms in total. The minimum absolute atomic E-state index is 0.840. The van der Waals surface area contributed by atoms with E-state index in [9.17, 15) is 0 Å². The summed E-state index contributed by atoms with van der Waals surface area (Å²) in [6.45, 7) is 0. The van der Waals surface area contributed by atoms with Gasteiger partial charge >= 0.3 is 0 Å². The van der Waals surface area contributed by atoms with Gasteiger partial charge in [0.25, 0.3) is 0 Å². The molecule has 2 heterocycles. The highest BCUT2D eigenvalue weighted by molar-refractivity contribution is 6.01. The Kier molecular flexibility index (Phi) is 8.20. The lowest BCUT2D eigenvalue weighted by Crippen LogP contribution is -1.98. The number of hydrogen-bond acceptors (Lipinski definition) is 3. The zero-order valence-corrected chi connectivity index (χ0v) is 28.4. The first-order chi connectivity index (χ1) is 25.8. The highest BCUT2D eigenvalue weighted by Gasteiger charge is 2.20. The molecular weight excluding hydrogens is 631 g/mol. The number of hydrogen-bond donors (Lipinski definition) is 0. The molecule has 0 radical (unpaired) electrons. The molecule has 0 spiro atoms. The van der Waals surface area contributed by atoms with E-state index in [1.807, 2.05) is 30.6 Å². The standard InChI is InChI=1S/C49H33N3/c1-4-14-36(15-5-1)40-20-10-12-22-42(40)44-32-46-47(33-45(44)43-23-13-11-21-41(43)37-16-6-2-7-17-37)52-49(48(51-46)38-18-8-3-9-19-38)39-26-24-34(25-27-39)35-28-30-50-31-29-35/h1-33H. The second-order valence-corrected chi connectivity index (χ2v) is 12.8. The minimum Gasteiger partial charge on any atom is -0.265 e. The fraction of sp³-hybridized carbons (Fsp3) is 0. The van der Waals surface area contributed by atoms with Crippen LogP contribution in [-0.2, 0) is 0 Å².